The lowest BCUT2D eigenvalue weighted by Crippen LogP contribution is -2.56. The van der Waals surface area contributed by atoms with Crippen LogP contribution in [-0.4, -0.2) is 23.1 Å². The number of halogens is 3. The molecule has 0 saturated carbocycles. The maximum absolute atomic E-state index is 14.0. The molecule has 4 nitrogen and oxygen atoms in total. The maximum atomic E-state index is 14.0. The number of hydrogen-bond acceptors (Lipinski definition) is 3. The van der Waals surface area contributed by atoms with E-state index in [1.54, 1.807) is 4.90 Å². The van der Waals surface area contributed by atoms with Crippen molar-refractivity contribution >= 4 is 35.0 Å². The van der Waals surface area contributed by atoms with E-state index in [0.29, 0.717) is 5.56 Å². The van der Waals surface area contributed by atoms with Gasteiger partial charge in [-0.05, 0) is 49.9 Å². The molecule has 0 aromatic heterocycles. The van der Waals surface area contributed by atoms with Crippen LogP contribution in [0.15, 0.2) is 42.5 Å². The monoisotopic (exact) mass is 446 g/mol. The number of rotatable bonds is 1. The van der Waals surface area contributed by atoms with Crippen LogP contribution in [-0.2, 0) is 20.6 Å². The van der Waals surface area contributed by atoms with E-state index in [9.17, 15) is 22.8 Å². The third-order valence-corrected chi connectivity index (χ3v) is 7.88. The highest BCUT2D eigenvalue weighted by atomic mass is 32.2. The average Bonchev–Trinajstić information content (AvgIpc) is 3.16. The second kappa shape index (κ2) is 6.28. The molecule has 2 aromatic rings. The number of anilines is 2. The summed E-state index contributed by atoms with van der Waals surface area (Å²) >= 11 is 1.19. The Morgan fingerprint density at radius 2 is 1.77 bits per heavy atom. The number of para-hydroxylation sites is 1. The molecule has 1 spiro atoms. The van der Waals surface area contributed by atoms with Gasteiger partial charge in [-0.25, -0.2) is 0 Å². The lowest BCUT2D eigenvalue weighted by atomic mass is 9.80. The number of fused-ring (bicyclic) bond motifs is 1. The predicted octanol–water partition coefficient (Wildman–Crippen LogP) is 5.27. The molecule has 1 saturated heterocycles. The summed E-state index contributed by atoms with van der Waals surface area (Å²) in [7, 11) is 0. The topological polar surface area (TPSA) is 40.6 Å². The molecule has 5 rings (SSSR count). The third-order valence-electron chi connectivity index (χ3n) is 6.49. The van der Waals surface area contributed by atoms with Crippen molar-refractivity contribution in [3.05, 3.63) is 59.2 Å². The minimum absolute atomic E-state index is 0.0233. The van der Waals surface area contributed by atoms with Crippen LogP contribution in [0.1, 0.15) is 49.8 Å². The summed E-state index contributed by atoms with van der Waals surface area (Å²) in [5.74, 6) is -0.399. The molecule has 3 aliphatic heterocycles. The standard InChI is InChI=1S/C23H21F3N2O2S/c1-13-11-21(2,3)28-19-16(13)8-5-9-17(19)22(20(28)30)27(18(29)12-31-22)15-7-4-6-14(10-15)23(24,25)26/h4-10,13H,11-12H2,1-3H3/t13-,22+/m1/s1. The molecule has 8 heteroatoms. The number of carbonyl (C=O) groups excluding carboxylic acids is 2. The number of nitrogens with zero attached hydrogens (tertiary/aromatic N) is 2. The SMILES string of the molecule is C[C@@H]1CC(C)(C)N2C(=O)[C@@]3(SCC(=O)N3c3cccc(C(F)(F)F)c3)c3cccc1c32. The van der Waals surface area contributed by atoms with E-state index in [2.05, 4.69) is 6.92 Å². The van der Waals surface area contributed by atoms with E-state index >= 15 is 0 Å². The van der Waals surface area contributed by atoms with Crippen molar-refractivity contribution in [1.82, 2.24) is 0 Å². The minimum atomic E-state index is -4.55. The summed E-state index contributed by atoms with van der Waals surface area (Å²) in [6, 6.07) is 10.4. The molecular formula is C23H21F3N2O2S. The van der Waals surface area contributed by atoms with Crippen LogP contribution in [0.5, 0.6) is 0 Å². The first-order valence-electron chi connectivity index (χ1n) is 10.1. The molecule has 3 aliphatic rings. The number of hydrogen-bond donors (Lipinski definition) is 0. The van der Waals surface area contributed by atoms with Crippen LogP contribution >= 0.6 is 11.8 Å². The minimum Gasteiger partial charge on any atom is -0.303 e. The van der Waals surface area contributed by atoms with Crippen molar-refractivity contribution < 1.29 is 22.8 Å². The maximum Gasteiger partial charge on any atom is 0.416 e. The molecule has 0 aliphatic carbocycles. The molecule has 162 valence electrons. The first-order chi connectivity index (χ1) is 14.5. The van der Waals surface area contributed by atoms with Crippen molar-refractivity contribution in [3.63, 3.8) is 0 Å². The first kappa shape index (κ1) is 20.4. The lowest BCUT2D eigenvalue weighted by Gasteiger charge is -2.44. The summed E-state index contributed by atoms with van der Waals surface area (Å²) in [4.78, 5) is 28.7. The molecule has 1 fully saturated rings. The second-order valence-corrected chi connectivity index (χ2v) is 10.2. The highest BCUT2D eigenvalue weighted by Crippen LogP contribution is 2.61. The lowest BCUT2D eigenvalue weighted by molar-refractivity contribution is -0.137. The van der Waals surface area contributed by atoms with Gasteiger partial charge in [0.25, 0.3) is 5.91 Å². The summed E-state index contributed by atoms with van der Waals surface area (Å²) in [5, 5.41) is 0. The number of benzene rings is 2. The fourth-order valence-electron chi connectivity index (χ4n) is 5.35. The van der Waals surface area contributed by atoms with Gasteiger partial charge in [-0.3, -0.25) is 14.5 Å². The summed E-state index contributed by atoms with van der Waals surface area (Å²) in [5.41, 5.74) is 1.28. The Kier molecular flexibility index (Phi) is 4.14. The van der Waals surface area contributed by atoms with Gasteiger partial charge in [0.2, 0.25) is 10.8 Å². The Balaban J connectivity index is 1.75. The van der Waals surface area contributed by atoms with Crippen molar-refractivity contribution in [2.24, 2.45) is 0 Å². The molecule has 31 heavy (non-hydrogen) atoms. The van der Waals surface area contributed by atoms with Gasteiger partial charge in [-0.1, -0.05) is 31.2 Å². The van der Waals surface area contributed by atoms with Gasteiger partial charge in [0.05, 0.1) is 17.0 Å². The van der Waals surface area contributed by atoms with Gasteiger partial charge in [0, 0.05) is 16.8 Å². The molecule has 3 heterocycles. The van der Waals surface area contributed by atoms with Crippen molar-refractivity contribution in [2.75, 3.05) is 15.6 Å². The number of carbonyl (C=O) groups is 2. The molecule has 0 unspecified atom stereocenters. The van der Waals surface area contributed by atoms with Crippen molar-refractivity contribution in [3.8, 4) is 0 Å². The van der Waals surface area contributed by atoms with E-state index in [1.165, 1.54) is 28.8 Å². The van der Waals surface area contributed by atoms with E-state index in [4.69, 9.17) is 0 Å². The molecule has 2 amide bonds. The highest BCUT2D eigenvalue weighted by molar-refractivity contribution is 8.02. The fraction of sp³-hybridized carbons (Fsp3) is 0.391. The molecule has 0 N–H and O–H groups in total. The average molecular weight is 446 g/mol. The van der Waals surface area contributed by atoms with Crippen LogP contribution in [0.2, 0.25) is 0 Å². The highest BCUT2D eigenvalue weighted by Gasteiger charge is 2.64. The first-order valence-corrected chi connectivity index (χ1v) is 11.1. The zero-order chi connectivity index (χ0) is 22.3. The Labute approximate surface area is 182 Å². The molecule has 2 aromatic carbocycles. The second-order valence-electron chi connectivity index (χ2n) is 9.01. The Bertz CT molecular complexity index is 1130. The van der Waals surface area contributed by atoms with Crippen LogP contribution < -0.4 is 9.80 Å². The zero-order valence-corrected chi connectivity index (χ0v) is 18.1. The van der Waals surface area contributed by atoms with Crippen LogP contribution in [0, 0.1) is 0 Å². The van der Waals surface area contributed by atoms with Gasteiger partial charge in [0.15, 0.2) is 0 Å². The summed E-state index contributed by atoms with van der Waals surface area (Å²) < 4.78 is 40.1. The van der Waals surface area contributed by atoms with Crippen molar-refractivity contribution in [2.45, 2.75) is 49.7 Å². The van der Waals surface area contributed by atoms with E-state index in [0.717, 1.165) is 29.8 Å². The summed E-state index contributed by atoms with van der Waals surface area (Å²) in [6.45, 7) is 6.11. The van der Waals surface area contributed by atoms with Gasteiger partial charge in [0.1, 0.15) is 0 Å². The van der Waals surface area contributed by atoms with E-state index in [-0.39, 0.29) is 29.2 Å². The van der Waals surface area contributed by atoms with E-state index < -0.39 is 22.1 Å². The van der Waals surface area contributed by atoms with Gasteiger partial charge in [-0.2, -0.15) is 13.2 Å². The normalized spacial score (nSPS) is 26.7. The smallest absolute Gasteiger partial charge is 0.303 e. The summed E-state index contributed by atoms with van der Waals surface area (Å²) in [6.07, 6.45) is -3.79. The van der Waals surface area contributed by atoms with Crippen LogP contribution in [0.3, 0.4) is 0 Å². The number of amides is 2. The van der Waals surface area contributed by atoms with E-state index in [1.807, 2.05) is 32.0 Å². The molecule has 2 atom stereocenters. The quantitative estimate of drug-likeness (QED) is 0.599. The molecule has 0 radical (unpaired) electrons. The fourth-order valence-corrected chi connectivity index (χ4v) is 6.68. The number of alkyl halides is 3. The third kappa shape index (κ3) is 2.63. The number of thioether (sulfide) groups is 1. The van der Waals surface area contributed by atoms with Gasteiger partial charge in [-0.15, -0.1) is 11.8 Å². The Hall–Kier alpha value is -2.48. The zero-order valence-electron chi connectivity index (χ0n) is 17.3. The molecular weight excluding hydrogens is 425 g/mol. The van der Waals surface area contributed by atoms with Crippen LogP contribution in [0.25, 0.3) is 0 Å². The van der Waals surface area contributed by atoms with Gasteiger partial charge >= 0.3 is 6.18 Å². The predicted molar refractivity (Wildman–Crippen MR) is 114 cm³/mol. The Morgan fingerprint density at radius 3 is 2.48 bits per heavy atom. The largest absolute Gasteiger partial charge is 0.416 e. The molecule has 0 bridgehead atoms. The van der Waals surface area contributed by atoms with Gasteiger partial charge < -0.3 is 4.90 Å². The van der Waals surface area contributed by atoms with Crippen molar-refractivity contribution in [1.29, 1.82) is 0 Å². The van der Waals surface area contributed by atoms with Crippen LogP contribution in [0.4, 0.5) is 24.5 Å². The Morgan fingerprint density at radius 1 is 1.06 bits per heavy atom.